The number of aliphatic hydroxyl groups excluding tert-OH is 1. The molecule has 0 spiro atoms. The molecule has 0 saturated carbocycles. The first-order chi connectivity index (χ1) is 10.1. The second-order valence-corrected chi connectivity index (χ2v) is 5.77. The van der Waals surface area contributed by atoms with Crippen LogP contribution in [0, 0.1) is 5.82 Å². The predicted molar refractivity (Wildman–Crippen MR) is 83.4 cm³/mol. The fourth-order valence-electron chi connectivity index (χ4n) is 3.03. The van der Waals surface area contributed by atoms with E-state index in [4.69, 9.17) is 0 Å². The van der Waals surface area contributed by atoms with E-state index in [9.17, 15) is 9.50 Å². The lowest BCUT2D eigenvalue weighted by molar-refractivity contribution is 0.199. The summed E-state index contributed by atoms with van der Waals surface area (Å²) in [4.78, 5) is 2.07. The van der Waals surface area contributed by atoms with Crippen LogP contribution in [0.1, 0.15) is 37.5 Å². The molecule has 0 fully saturated rings. The Kier molecular flexibility index (Phi) is 3.68. The molecule has 3 heteroatoms. The molecule has 2 aromatic rings. The summed E-state index contributed by atoms with van der Waals surface area (Å²) in [6.45, 7) is 3.77. The van der Waals surface area contributed by atoms with Crippen LogP contribution in [0.25, 0.3) is 0 Å². The van der Waals surface area contributed by atoms with E-state index >= 15 is 0 Å². The van der Waals surface area contributed by atoms with Gasteiger partial charge in [0.1, 0.15) is 5.82 Å². The normalized spacial score (nSPS) is 19.2. The van der Waals surface area contributed by atoms with Gasteiger partial charge in [-0.2, -0.15) is 0 Å². The highest BCUT2D eigenvalue weighted by molar-refractivity contribution is 5.69. The second-order valence-electron chi connectivity index (χ2n) is 5.77. The van der Waals surface area contributed by atoms with E-state index < -0.39 is 6.10 Å². The van der Waals surface area contributed by atoms with Crippen LogP contribution in [0.5, 0.6) is 0 Å². The SMILES string of the molecule is CC1CCc2ccccc2N1c1ccc([C@@H](C)O)cc1F. The van der Waals surface area contributed by atoms with Gasteiger partial charge in [0.05, 0.1) is 11.8 Å². The maximum absolute atomic E-state index is 14.5. The molecule has 0 amide bonds. The van der Waals surface area contributed by atoms with Crippen molar-refractivity contribution in [2.75, 3.05) is 4.90 Å². The zero-order valence-corrected chi connectivity index (χ0v) is 12.4. The van der Waals surface area contributed by atoms with Crippen LogP contribution in [0.15, 0.2) is 42.5 Å². The van der Waals surface area contributed by atoms with Crippen molar-refractivity contribution in [3.05, 3.63) is 59.4 Å². The quantitative estimate of drug-likeness (QED) is 0.886. The highest BCUT2D eigenvalue weighted by atomic mass is 19.1. The number of rotatable bonds is 2. The Morgan fingerprint density at radius 1 is 1.19 bits per heavy atom. The molecule has 0 saturated heterocycles. The number of fused-ring (bicyclic) bond motifs is 1. The molecule has 2 aromatic carbocycles. The number of halogens is 1. The Hall–Kier alpha value is -1.87. The first kappa shape index (κ1) is 14.1. The third-order valence-electron chi connectivity index (χ3n) is 4.24. The van der Waals surface area contributed by atoms with Gasteiger partial charge in [0.2, 0.25) is 0 Å². The molecule has 3 rings (SSSR count). The van der Waals surface area contributed by atoms with Gasteiger partial charge in [-0.05, 0) is 56.0 Å². The molecule has 21 heavy (non-hydrogen) atoms. The molecule has 2 nitrogen and oxygen atoms in total. The topological polar surface area (TPSA) is 23.5 Å². The first-order valence-corrected chi connectivity index (χ1v) is 7.42. The Balaban J connectivity index is 2.07. The van der Waals surface area contributed by atoms with E-state index in [0.717, 1.165) is 18.5 Å². The van der Waals surface area contributed by atoms with Gasteiger partial charge in [-0.3, -0.25) is 0 Å². The van der Waals surface area contributed by atoms with Crippen molar-refractivity contribution < 1.29 is 9.50 Å². The summed E-state index contributed by atoms with van der Waals surface area (Å²) in [5.74, 6) is -0.281. The Morgan fingerprint density at radius 2 is 1.95 bits per heavy atom. The average molecular weight is 285 g/mol. The van der Waals surface area contributed by atoms with Crippen LogP contribution in [-0.2, 0) is 6.42 Å². The fourth-order valence-corrected chi connectivity index (χ4v) is 3.03. The molecule has 1 unspecified atom stereocenters. The number of hydrogen-bond acceptors (Lipinski definition) is 2. The number of aryl methyl sites for hydroxylation is 1. The van der Waals surface area contributed by atoms with Gasteiger partial charge in [-0.1, -0.05) is 24.3 Å². The van der Waals surface area contributed by atoms with Crippen molar-refractivity contribution in [2.45, 2.75) is 38.8 Å². The molecule has 1 heterocycles. The minimum absolute atomic E-state index is 0.256. The predicted octanol–water partition coefficient (Wildman–Crippen LogP) is 4.35. The number of benzene rings is 2. The van der Waals surface area contributed by atoms with Crippen molar-refractivity contribution in [1.29, 1.82) is 0 Å². The smallest absolute Gasteiger partial charge is 0.147 e. The van der Waals surface area contributed by atoms with Gasteiger partial charge < -0.3 is 10.0 Å². The largest absolute Gasteiger partial charge is 0.389 e. The van der Waals surface area contributed by atoms with Gasteiger partial charge in [-0.25, -0.2) is 4.39 Å². The summed E-state index contributed by atoms with van der Waals surface area (Å²) in [7, 11) is 0. The Bertz CT molecular complexity index is 653. The van der Waals surface area contributed by atoms with Gasteiger partial charge >= 0.3 is 0 Å². The zero-order chi connectivity index (χ0) is 15.0. The van der Waals surface area contributed by atoms with Crippen LogP contribution in [0.2, 0.25) is 0 Å². The van der Waals surface area contributed by atoms with Crippen LogP contribution in [0.3, 0.4) is 0 Å². The Labute approximate surface area is 124 Å². The number of para-hydroxylation sites is 1. The van der Waals surface area contributed by atoms with Gasteiger partial charge in [0.15, 0.2) is 0 Å². The van der Waals surface area contributed by atoms with Crippen LogP contribution in [0.4, 0.5) is 15.8 Å². The fraction of sp³-hybridized carbons (Fsp3) is 0.333. The molecule has 0 aliphatic carbocycles. The minimum Gasteiger partial charge on any atom is -0.389 e. The third kappa shape index (κ3) is 2.54. The molecular formula is C18H20FNO. The van der Waals surface area contributed by atoms with Crippen molar-refractivity contribution in [1.82, 2.24) is 0 Å². The number of anilines is 2. The molecule has 0 bridgehead atoms. The number of hydrogen-bond donors (Lipinski definition) is 1. The van der Waals surface area contributed by atoms with Crippen molar-refractivity contribution in [3.8, 4) is 0 Å². The summed E-state index contributed by atoms with van der Waals surface area (Å²) in [5, 5.41) is 9.58. The zero-order valence-electron chi connectivity index (χ0n) is 12.4. The molecule has 1 N–H and O–H groups in total. The summed E-state index contributed by atoms with van der Waals surface area (Å²) in [6.07, 6.45) is 1.38. The van der Waals surface area contributed by atoms with Crippen LogP contribution < -0.4 is 4.90 Å². The van der Waals surface area contributed by atoms with Crippen LogP contribution in [-0.4, -0.2) is 11.1 Å². The lowest BCUT2D eigenvalue weighted by Crippen LogP contribution is -2.33. The summed E-state index contributed by atoms with van der Waals surface area (Å²) >= 11 is 0. The van der Waals surface area contributed by atoms with E-state index in [2.05, 4.69) is 17.9 Å². The minimum atomic E-state index is -0.653. The molecule has 1 aliphatic heterocycles. The first-order valence-electron chi connectivity index (χ1n) is 7.42. The number of nitrogens with zero attached hydrogens (tertiary/aromatic N) is 1. The molecule has 0 radical (unpaired) electrons. The number of aliphatic hydroxyl groups is 1. The highest BCUT2D eigenvalue weighted by Crippen LogP contribution is 2.38. The Morgan fingerprint density at radius 3 is 2.67 bits per heavy atom. The van der Waals surface area contributed by atoms with Crippen molar-refractivity contribution in [2.24, 2.45) is 0 Å². The summed E-state index contributed by atoms with van der Waals surface area (Å²) in [6, 6.07) is 13.4. The highest BCUT2D eigenvalue weighted by Gasteiger charge is 2.26. The maximum atomic E-state index is 14.5. The van der Waals surface area contributed by atoms with Crippen molar-refractivity contribution in [3.63, 3.8) is 0 Å². The van der Waals surface area contributed by atoms with Gasteiger partial charge in [-0.15, -0.1) is 0 Å². The van der Waals surface area contributed by atoms with Crippen LogP contribution >= 0.6 is 0 Å². The third-order valence-corrected chi connectivity index (χ3v) is 4.24. The van der Waals surface area contributed by atoms with E-state index in [-0.39, 0.29) is 11.9 Å². The molecule has 1 aliphatic rings. The molecule has 110 valence electrons. The lowest BCUT2D eigenvalue weighted by atomic mass is 9.95. The average Bonchev–Trinajstić information content (AvgIpc) is 2.48. The summed E-state index contributed by atoms with van der Waals surface area (Å²) in [5.41, 5.74) is 3.53. The lowest BCUT2D eigenvalue weighted by Gasteiger charge is -2.37. The maximum Gasteiger partial charge on any atom is 0.147 e. The van der Waals surface area contributed by atoms with E-state index in [1.54, 1.807) is 19.1 Å². The molecule has 2 atom stereocenters. The van der Waals surface area contributed by atoms with E-state index in [1.165, 1.54) is 11.6 Å². The second kappa shape index (κ2) is 5.49. The molecular weight excluding hydrogens is 265 g/mol. The molecule has 0 aromatic heterocycles. The summed E-state index contributed by atoms with van der Waals surface area (Å²) < 4.78 is 14.5. The monoisotopic (exact) mass is 285 g/mol. The van der Waals surface area contributed by atoms with E-state index in [1.807, 2.05) is 18.2 Å². The van der Waals surface area contributed by atoms with E-state index in [0.29, 0.717) is 11.3 Å². The van der Waals surface area contributed by atoms with Crippen molar-refractivity contribution >= 4 is 11.4 Å². The standard InChI is InChI=1S/C18H20FNO/c1-12-7-8-14-5-3-4-6-17(14)20(12)18-10-9-15(13(2)21)11-16(18)19/h3-6,9-13,21H,7-8H2,1-2H3/t12?,13-/m1/s1. The van der Waals surface area contributed by atoms with Gasteiger partial charge in [0, 0.05) is 11.7 Å². The van der Waals surface area contributed by atoms with Gasteiger partial charge in [0.25, 0.3) is 0 Å².